The normalized spacial score (nSPS) is 12.5. The van der Waals surface area contributed by atoms with Gasteiger partial charge < -0.3 is 5.32 Å². The van der Waals surface area contributed by atoms with Gasteiger partial charge in [-0.25, -0.2) is 9.13 Å². The van der Waals surface area contributed by atoms with E-state index in [9.17, 15) is 0 Å². The molecule has 0 spiro atoms. The average Bonchev–Trinajstić information content (AvgIpc) is 3.25. The third kappa shape index (κ3) is 3.45. The molecule has 2 aromatic carbocycles. The molecule has 5 nitrogen and oxygen atoms in total. The van der Waals surface area contributed by atoms with Crippen molar-refractivity contribution < 1.29 is 0 Å². The highest BCUT2D eigenvalue weighted by Crippen LogP contribution is 2.37. The van der Waals surface area contributed by atoms with Gasteiger partial charge in [-0.1, -0.05) is 35.9 Å². The van der Waals surface area contributed by atoms with E-state index in [1.165, 1.54) is 0 Å². The van der Waals surface area contributed by atoms with Gasteiger partial charge in [-0.15, -0.1) is 5.10 Å². The number of fused-ring (bicyclic) bond motifs is 2. The SMILES string of the molecule is C=C(C)/C=C(\C)n1nc(Nc2ccc3c(cnn3PI)c2Cl)c2ccccc21. The van der Waals surface area contributed by atoms with E-state index in [0.717, 1.165) is 44.6 Å². The molecule has 142 valence electrons. The van der Waals surface area contributed by atoms with E-state index in [4.69, 9.17) is 16.7 Å². The van der Waals surface area contributed by atoms with Crippen LogP contribution in [0.1, 0.15) is 13.8 Å². The summed E-state index contributed by atoms with van der Waals surface area (Å²) in [5.41, 5.74) is 4.84. The van der Waals surface area contributed by atoms with Crippen molar-refractivity contribution in [1.82, 2.24) is 19.3 Å². The van der Waals surface area contributed by atoms with Gasteiger partial charge >= 0.3 is 0 Å². The first-order valence-electron chi connectivity index (χ1n) is 8.61. The van der Waals surface area contributed by atoms with Crippen LogP contribution in [0.15, 0.2) is 60.8 Å². The lowest BCUT2D eigenvalue weighted by Crippen LogP contribution is -1.98. The maximum absolute atomic E-state index is 6.68. The predicted octanol–water partition coefficient (Wildman–Crippen LogP) is 7.01. The van der Waals surface area contributed by atoms with Crippen molar-refractivity contribution in [3.8, 4) is 0 Å². The second-order valence-electron chi connectivity index (χ2n) is 6.54. The standard InChI is InChI=1S/C20H18ClIN5P/c1-12(2)10-13(3)26-17-7-5-4-6-14(17)20(25-26)24-16-8-9-18-15(19(16)21)11-23-27(18)28-22/h4-11,28H,1H2,2-3H3,(H,24,25)/b13-10+. The summed E-state index contributed by atoms with van der Waals surface area (Å²) in [4.78, 5) is 0. The second-order valence-corrected chi connectivity index (χ2v) is 8.95. The number of rotatable bonds is 5. The third-order valence-corrected chi connectivity index (χ3v) is 6.69. The monoisotopic (exact) mass is 521 g/mol. The lowest BCUT2D eigenvalue weighted by molar-refractivity contribution is 0.928. The van der Waals surface area contributed by atoms with Gasteiger partial charge in [0, 0.05) is 16.5 Å². The minimum atomic E-state index is 0.527. The molecule has 2 aromatic heterocycles. The van der Waals surface area contributed by atoms with E-state index in [-0.39, 0.29) is 0 Å². The predicted molar refractivity (Wildman–Crippen MR) is 130 cm³/mol. The van der Waals surface area contributed by atoms with Crippen molar-refractivity contribution in [2.75, 3.05) is 5.32 Å². The van der Waals surface area contributed by atoms with Crippen molar-refractivity contribution in [3.05, 3.63) is 65.8 Å². The van der Waals surface area contributed by atoms with Crippen molar-refractivity contribution in [2.24, 2.45) is 0 Å². The molecule has 1 N–H and O–H groups in total. The molecule has 0 aliphatic rings. The lowest BCUT2D eigenvalue weighted by Gasteiger charge is -2.08. The van der Waals surface area contributed by atoms with Gasteiger partial charge in [0.2, 0.25) is 0 Å². The third-order valence-electron chi connectivity index (χ3n) is 4.40. The Kier molecular flexibility index (Phi) is 5.45. The van der Waals surface area contributed by atoms with Crippen LogP contribution >= 0.6 is 40.0 Å². The zero-order chi connectivity index (χ0) is 19.8. The van der Waals surface area contributed by atoms with Crippen LogP contribution in [0.4, 0.5) is 11.5 Å². The summed E-state index contributed by atoms with van der Waals surface area (Å²) in [6.07, 6.45) is 4.35. The first-order valence-corrected chi connectivity index (χ1v) is 13.1. The molecule has 1 atom stereocenters. The number of benzene rings is 2. The van der Waals surface area contributed by atoms with E-state index in [0.29, 0.717) is 11.4 Å². The average molecular weight is 522 g/mol. The Morgan fingerprint density at radius 3 is 2.71 bits per heavy atom. The number of hydrogen-bond donors (Lipinski definition) is 1. The first kappa shape index (κ1) is 19.4. The molecule has 0 amide bonds. The van der Waals surface area contributed by atoms with E-state index < -0.39 is 0 Å². The van der Waals surface area contributed by atoms with E-state index in [1.54, 1.807) is 0 Å². The minimum absolute atomic E-state index is 0.527. The van der Waals surface area contributed by atoms with E-state index in [2.05, 4.69) is 51.2 Å². The minimum Gasteiger partial charge on any atom is -0.337 e. The maximum Gasteiger partial charge on any atom is 0.160 e. The Hall–Kier alpha value is -1.89. The maximum atomic E-state index is 6.68. The number of anilines is 2. The number of nitrogens with zero attached hydrogens (tertiary/aromatic N) is 4. The molecule has 0 saturated carbocycles. The molecule has 0 bridgehead atoms. The zero-order valence-corrected chi connectivity index (χ0v) is 19.3. The van der Waals surface area contributed by atoms with Gasteiger partial charge in [-0.2, -0.15) is 5.10 Å². The van der Waals surface area contributed by atoms with Crippen molar-refractivity contribution in [1.29, 1.82) is 0 Å². The number of allylic oxidation sites excluding steroid dienone is 3. The van der Waals surface area contributed by atoms with Gasteiger partial charge in [-0.05, 0) is 66.2 Å². The molecule has 4 rings (SSSR count). The molecule has 1 unspecified atom stereocenters. The van der Waals surface area contributed by atoms with E-state index >= 15 is 0 Å². The Morgan fingerprint density at radius 1 is 1.18 bits per heavy atom. The summed E-state index contributed by atoms with van der Waals surface area (Å²) in [7, 11) is 0. The zero-order valence-electron chi connectivity index (χ0n) is 15.4. The molecule has 0 saturated heterocycles. The van der Waals surface area contributed by atoms with Gasteiger partial charge in [0.25, 0.3) is 0 Å². The molecule has 2 heterocycles. The fourth-order valence-electron chi connectivity index (χ4n) is 3.20. The Balaban J connectivity index is 1.82. The van der Waals surface area contributed by atoms with Crippen LogP contribution in [-0.4, -0.2) is 19.3 Å². The van der Waals surface area contributed by atoms with Crippen molar-refractivity contribution in [2.45, 2.75) is 13.8 Å². The van der Waals surface area contributed by atoms with Gasteiger partial charge in [0.05, 0.1) is 34.3 Å². The van der Waals surface area contributed by atoms with Gasteiger partial charge in [0.15, 0.2) is 5.82 Å². The van der Waals surface area contributed by atoms with Crippen molar-refractivity contribution in [3.63, 3.8) is 0 Å². The largest absolute Gasteiger partial charge is 0.337 e. The van der Waals surface area contributed by atoms with Crippen LogP contribution in [-0.2, 0) is 0 Å². The number of aromatic nitrogens is 4. The molecular weight excluding hydrogens is 504 g/mol. The van der Waals surface area contributed by atoms with Crippen molar-refractivity contribution >= 4 is 79.0 Å². The molecule has 4 aromatic rings. The number of halogens is 2. The summed E-state index contributed by atoms with van der Waals surface area (Å²) < 4.78 is 3.87. The molecule has 0 fully saturated rings. The summed E-state index contributed by atoms with van der Waals surface area (Å²) in [6.45, 7) is 7.96. The fraction of sp³-hybridized carbons (Fsp3) is 0.100. The van der Waals surface area contributed by atoms with Crippen LogP contribution in [0.25, 0.3) is 27.5 Å². The van der Waals surface area contributed by atoms with Gasteiger partial charge in [0.1, 0.15) is 0 Å². The highest BCUT2D eigenvalue weighted by atomic mass is 127. The van der Waals surface area contributed by atoms with E-state index in [1.807, 2.05) is 59.5 Å². The summed E-state index contributed by atoms with van der Waals surface area (Å²) in [6, 6.07) is 12.1. The van der Waals surface area contributed by atoms with Gasteiger partial charge in [-0.3, -0.25) is 0 Å². The van der Waals surface area contributed by atoms with Crippen LogP contribution < -0.4 is 5.32 Å². The molecule has 28 heavy (non-hydrogen) atoms. The van der Waals surface area contributed by atoms with Crippen LogP contribution in [0, 0.1) is 0 Å². The highest BCUT2D eigenvalue weighted by molar-refractivity contribution is 14.2. The quantitative estimate of drug-likeness (QED) is 0.175. The molecule has 0 aliphatic heterocycles. The second kappa shape index (κ2) is 7.85. The number of para-hydroxylation sites is 1. The summed E-state index contributed by atoms with van der Waals surface area (Å²) in [5.74, 6) is 0.759. The molecule has 8 heteroatoms. The van der Waals surface area contributed by atoms with Crippen LogP contribution in [0.2, 0.25) is 5.02 Å². The first-order chi connectivity index (χ1) is 13.5. The Bertz CT molecular complexity index is 1240. The number of hydrogen-bond acceptors (Lipinski definition) is 3. The number of nitrogens with one attached hydrogen (secondary N) is 1. The van der Waals surface area contributed by atoms with Crippen LogP contribution in [0.5, 0.6) is 0 Å². The summed E-state index contributed by atoms with van der Waals surface area (Å²) in [5, 5.41) is 15.2. The topological polar surface area (TPSA) is 47.7 Å². The molecule has 0 radical (unpaired) electrons. The summed E-state index contributed by atoms with van der Waals surface area (Å²) >= 11 is 8.99. The smallest absolute Gasteiger partial charge is 0.160 e. The van der Waals surface area contributed by atoms with Crippen LogP contribution in [0.3, 0.4) is 0 Å². The lowest BCUT2D eigenvalue weighted by atomic mass is 10.2. The Labute approximate surface area is 182 Å². The molecule has 0 aliphatic carbocycles. The fourth-order valence-corrected chi connectivity index (χ4v) is 5.00. The highest BCUT2D eigenvalue weighted by Gasteiger charge is 2.15. The Morgan fingerprint density at radius 2 is 1.96 bits per heavy atom. The molecular formula is C20H18ClIN5P.